The fourth-order valence-electron chi connectivity index (χ4n) is 2.26. The molecule has 1 amide bonds. The highest BCUT2D eigenvalue weighted by Gasteiger charge is 2.32. The van der Waals surface area contributed by atoms with Gasteiger partial charge in [-0.1, -0.05) is 13.8 Å². The average molecular weight is 256 g/mol. The molecule has 0 aromatic carbocycles. The summed E-state index contributed by atoms with van der Waals surface area (Å²) in [5, 5.41) is 12.2. The van der Waals surface area contributed by atoms with E-state index in [-0.39, 0.29) is 17.7 Å². The van der Waals surface area contributed by atoms with Gasteiger partial charge in [0.05, 0.1) is 12.5 Å². The second kappa shape index (κ2) is 6.73. The van der Waals surface area contributed by atoms with Gasteiger partial charge in [0.15, 0.2) is 0 Å². The number of carbonyl (C=O) groups is 2. The third-order valence-corrected chi connectivity index (χ3v) is 3.79. The molecule has 1 saturated heterocycles. The van der Waals surface area contributed by atoms with Gasteiger partial charge in [-0.3, -0.25) is 9.59 Å². The molecule has 0 aromatic heterocycles. The lowest BCUT2D eigenvalue weighted by atomic mass is 9.87. The van der Waals surface area contributed by atoms with Crippen LogP contribution >= 0.6 is 0 Å². The number of nitrogens with zero attached hydrogens (tertiary/aromatic N) is 1. The molecule has 104 valence electrons. The number of likely N-dealkylation sites (tertiary alicyclic amines) is 1. The smallest absolute Gasteiger partial charge is 0.306 e. The fourth-order valence-corrected chi connectivity index (χ4v) is 2.26. The maximum Gasteiger partial charge on any atom is 0.306 e. The number of piperidine rings is 1. The maximum absolute atomic E-state index is 12.0. The van der Waals surface area contributed by atoms with Crippen LogP contribution in [0.25, 0.3) is 0 Å². The second-order valence-corrected chi connectivity index (χ2v) is 5.24. The molecule has 1 aliphatic heterocycles. The minimum absolute atomic E-state index is 0.0313. The number of aliphatic carboxylic acids is 1. The first-order valence-electron chi connectivity index (χ1n) is 6.69. The van der Waals surface area contributed by atoms with E-state index in [9.17, 15) is 9.59 Å². The summed E-state index contributed by atoms with van der Waals surface area (Å²) >= 11 is 0. The summed E-state index contributed by atoms with van der Waals surface area (Å²) in [5.41, 5.74) is 0. The van der Waals surface area contributed by atoms with E-state index in [1.54, 1.807) is 4.90 Å². The number of hydrogen-bond acceptors (Lipinski definition) is 3. The molecule has 1 rings (SSSR count). The zero-order chi connectivity index (χ0) is 13.7. The molecule has 0 spiro atoms. The number of carbonyl (C=O) groups excluding carboxylic acids is 1. The van der Waals surface area contributed by atoms with Crippen molar-refractivity contribution in [3.8, 4) is 0 Å². The predicted octanol–water partition coefficient (Wildman–Crippen LogP) is 0.944. The molecule has 2 N–H and O–H groups in total. The lowest BCUT2D eigenvalue weighted by Gasteiger charge is -2.35. The topological polar surface area (TPSA) is 69.6 Å². The van der Waals surface area contributed by atoms with Gasteiger partial charge >= 0.3 is 5.97 Å². The van der Waals surface area contributed by atoms with Crippen molar-refractivity contribution in [3.63, 3.8) is 0 Å². The third kappa shape index (κ3) is 3.98. The molecule has 1 fully saturated rings. The Morgan fingerprint density at radius 2 is 2.17 bits per heavy atom. The van der Waals surface area contributed by atoms with Crippen LogP contribution in [0.4, 0.5) is 0 Å². The van der Waals surface area contributed by atoms with Crippen LogP contribution in [0.3, 0.4) is 0 Å². The van der Waals surface area contributed by atoms with Crippen molar-refractivity contribution in [2.24, 2.45) is 11.8 Å². The van der Waals surface area contributed by atoms with Gasteiger partial charge in [-0.05, 0) is 25.7 Å². The molecular formula is C13H24N2O3. The molecule has 3 atom stereocenters. The standard InChI is InChI=1S/C13H24N2O3/c1-4-10(3)14-7-12(16)15-6-5-11(13(17)18)9(2)8-15/h9-11,14H,4-8H2,1-3H3,(H,17,18). The number of nitrogens with one attached hydrogen (secondary N) is 1. The molecule has 18 heavy (non-hydrogen) atoms. The molecule has 1 aliphatic rings. The Morgan fingerprint density at radius 1 is 1.50 bits per heavy atom. The van der Waals surface area contributed by atoms with Crippen molar-refractivity contribution < 1.29 is 14.7 Å². The monoisotopic (exact) mass is 256 g/mol. The van der Waals surface area contributed by atoms with E-state index in [4.69, 9.17) is 5.11 Å². The summed E-state index contributed by atoms with van der Waals surface area (Å²) in [6, 6.07) is 0.336. The summed E-state index contributed by atoms with van der Waals surface area (Å²) in [5.74, 6) is -0.946. The first-order valence-corrected chi connectivity index (χ1v) is 6.69. The van der Waals surface area contributed by atoms with E-state index in [0.29, 0.717) is 32.1 Å². The summed E-state index contributed by atoms with van der Waals surface area (Å²) in [6.45, 7) is 7.48. The Bertz CT molecular complexity index is 307. The molecule has 5 heteroatoms. The fraction of sp³-hybridized carbons (Fsp3) is 0.846. The maximum atomic E-state index is 12.0. The van der Waals surface area contributed by atoms with Crippen LogP contribution in [0.2, 0.25) is 0 Å². The summed E-state index contributed by atoms with van der Waals surface area (Å²) in [4.78, 5) is 24.7. The largest absolute Gasteiger partial charge is 0.481 e. The number of rotatable bonds is 5. The number of carboxylic acid groups (broad SMARTS) is 1. The van der Waals surface area contributed by atoms with Crippen molar-refractivity contribution in [1.82, 2.24) is 10.2 Å². The highest BCUT2D eigenvalue weighted by molar-refractivity contribution is 5.79. The number of amides is 1. The molecule has 1 heterocycles. The van der Waals surface area contributed by atoms with Gasteiger partial charge in [0.2, 0.25) is 5.91 Å². The van der Waals surface area contributed by atoms with E-state index in [0.717, 1.165) is 6.42 Å². The first-order chi connectivity index (χ1) is 8.45. The van der Waals surface area contributed by atoms with Crippen LogP contribution in [-0.2, 0) is 9.59 Å². The summed E-state index contributed by atoms with van der Waals surface area (Å²) < 4.78 is 0. The normalized spacial score (nSPS) is 25.8. The highest BCUT2D eigenvalue weighted by atomic mass is 16.4. The van der Waals surface area contributed by atoms with Gasteiger partial charge < -0.3 is 15.3 Å². The molecule has 0 radical (unpaired) electrons. The van der Waals surface area contributed by atoms with Crippen LogP contribution in [0.15, 0.2) is 0 Å². The average Bonchev–Trinajstić information content (AvgIpc) is 2.34. The van der Waals surface area contributed by atoms with E-state index in [2.05, 4.69) is 12.2 Å². The minimum atomic E-state index is -0.743. The first kappa shape index (κ1) is 15.0. The number of carboxylic acids is 1. The minimum Gasteiger partial charge on any atom is -0.481 e. The third-order valence-electron chi connectivity index (χ3n) is 3.79. The van der Waals surface area contributed by atoms with Crippen LogP contribution in [0.5, 0.6) is 0 Å². The molecule has 0 saturated carbocycles. The van der Waals surface area contributed by atoms with Crippen LogP contribution in [-0.4, -0.2) is 47.6 Å². The Labute approximate surface area is 109 Å². The Hall–Kier alpha value is -1.10. The van der Waals surface area contributed by atoms with Gasteiger partial charge in [-0.15, -0.1) is 0 Å². The van der Waals surface area contributed by atoms with Gasteiger partial charge in [-0.25, -0.2) is 0 Å². The van der Waals surface area contributed by atoms with Gasteiger partial charge in [0, 0.05) is 19.1 Å². The van der Waals surface area contributed by atoms with Gasteiger partial charge in [-0.2, -0.15) is 0 Å². The molecule has 0 aromatic rings. The lowest BCUT2D eigenvalue weighted by molar-refractivity contribution is -0.148. The Kier molecular flexibility index (Phi) is 5.59. The Morgan fingerprint density at radius 3 is 2.67 bits per heavy atom. The van der Waals surface area contributed by atoms with E-state index < -0.39 is 5.97 Å². The molecular weight excluding hydrogens is 232 g/mol. The quantitative estimate of drug-likeness (QED) is 0.768. The van der Waals surface area contributed by atoms with Crippen LogP contribution in [0, 0.1) is 11.8 Å². The summed E-state index contributed by atoms with van der Waals surface area (Å²) in [7, 11) is 0. The highest BCUT2D eigenvalue weighted by Crippen LogP contribution is 2.23. The van der Waals surface area contributed by atoms with Crippen LogP contribution < -0.4 is 5.32 Å². The van der Waals surface area contributed by atoms with Gasteiger partial charge in [0.25, 0.3) is 0 Å². The van der Waals surface area contributed by atoms with Crippen molar-refractivity contribution >= 4 is 11.9 Å². The van der Waals surface area contributed by atoms with Crippen molar-refractivity contribution in [1.29, 1.82) is 0 Å². The zero-order valence-corrected chi connectivity index (χ0v) is 11.5. The van der Waals surface area contributed by atoms with Crippen molar-refractivity contribution in [2.45, 2.75) is 39.7 Å². The predicted molar refractivity (Wildman–Crippen MR) is 69.2 cm³/mol. The van der Waals surface area contributed by atoms with Crippen LogP contribution in [0.1, 0.15) is 33.6 Å². The van der Waals surface area contributed by atoms with E-state index in [1.807, 2.05) is 13.8 Å². The lowest BCUT2D eigenvalue weighted by Crippen LogP contribution is -2.48. The Balaban J connectivity index is 2.41. The molecule has 0 bridgehead atoms. The number of hydrogen-bond donors (Lipinski definition) is 2. The molecule has 5 nitrogen and oxygen atoms in total. The SMILES string of the molecule is CCC(C)NCC(=O)N1CCC(C(=O)O)C(C)C1. The van der Waals surface area contributed by atoms with Crippen molar-refractivity contribution in [3.05, 3.63) is 0 Å². The molecule has 3 unspecified atom stereocenters. The second-order valence-electron chi connectivity index (χ2n) is 5.24. The van der Waals surface area contributed by atoms with Gasteiger partial charge in [0.1, 0.15) is 0 Å². The van der Waals surface area contributed by atoms with E-state index >= 15 is 0 Å². The molecule has 0 aliphatic carbocycles. The van der Waals surface area contributed by atoms with E-state index in [1.165, 1.54) is 0 Å². The zero-order valence-electron chi connectivity index (χ0n) is 11.5. The van der Waals surface area contributed by atoms with Crippen molar-refractivity contribution in [2.75, 3.05) is 19.6 Å². The summed E-state index contributed by atoms with van der Waals surface area (Å²) in [6.07, 6.45) is 1.55.